The molecule has 162 valence electrons. The second-order valence-corrected chi connectivity index (χ2v) is 7.37. The molecular formula is C22H20O9. The topological polar surface area (TPSA) is 158 Å². The number of hydrogen-bond donors (Lipinski definition) is 4. The first-order valence-electron chi connectivity index (χ1n) is 9.39. The van der Waals surface area contributed by atoms with Gasteiger partial charge < -0.3 is 30.0 Å². The van der Waals surface area contributed by atoms with Crippen molar-refractivity contribution in [2.24, 2.45) is 0 Å². The summed E-state index contributed by atoms with van der Waals surface area (Å²) in [6.45, 7) is 2.25. The Morgan fingerprint density at radius 2 is 1.55 bits per heavy atom. The third-order valence-corrected chi connectivity index (χ3v) is 5.10. The number of carbonyl (C=O) groups is 4. The van der Waals surface area contributed by atoms with Crippen molar-refractivity contribution in [3.8, 4) is 23.0 Å². The standard InChI is InChI=1S/C22H20O9/c1-9(23)3-4-11(8-31-10(2)24)17-16(27)7-14-19(21(17)29)22(30)18-13(20(14)28)5-12(25)6-15(18)26/h5-7,11,25-27,29H,3-4,8H2,1-2H3/t11-/m0/s1. The number of rotatable bonds is 6. The van der Waals surface area contributed by atoms with E-state index in [-0.39, 0.29) is 47.5 Å². The van der Waals surface area contributed by atoms with Gasteiger partial charge >= 0.3 is 5.97 Å². The van der Waals surface area contributed by atoms with Crippen LogP contribution in [0.5, 0.6) is 23.0 Å². The van der Waals surface area contributed by atoms with Gasteiger partial charge in [0.2, 0.25) is 5.78 Å². The molecule has 1 aliphatic carbocycles. The van der Waals surface area contributed by atoms with Crippen molar-refractivity contribution >= 4 is 23.3 Å². The number of phenols is 4. The van der Waals surface area contributed by atoms with Gasteiger partial charge in [-0.3, -0.25) is 14.4 Å². The Morgan fingerprint density at radius 3 is 2.16 bits per heavy atom. The zero-order valence-electron chi connectivity index (χ0n) is 16.8. The van der Waals surface area contributed by atoms with E-state index < -0.39 is 52.0 Å². The molecule has 0 amide bonds. The quantitative estimate of drug-likeness (QED) is 0.432. The van der Waals surface area contributed by atoms with Gasteiger partial charge in [-0.25, -0.2) is 0 Å². The molecule has 0 radical (unpaired) electrons. The van der Waals surface area contributed by atoms with Gasteiger partial charge in [-0.2, -0.15) is 0 Å². The zero-order valence-corrected chi connectivity index (χ0v) is 16.8. The maximum Gasteiger partial charge on any atom is 0.302 e. The highest BCUT2D eigenvalue weighted by Gasteiger charge is 2.38. The van der Waals surface area contributed by atoms with Crippen molar-refractivity contribution in [1.29, 1.82) is 0 Å². The van der Waals surface area contributed by atoms with E-state index >= 15 is 0 Å². The summed E-state index contributed by atoms with van der Waals surface area (Å²) in [6.07, 6.45) is 0.151. The van der Waals surface area contributed by atoms with Gasteiger partial charge in [-0.15, -0.1) is 0 Å². The zero-order chi connectivity index (χ0) is 23.0. The molecule has 0 unspecified atom stereocenters. The number of Topliss-reactive ketones (excluding diaryl/α,β-unsaturated/α-hetero) is 1. The lowest BCUT2D eigenvalue weighted by atomic mass is 9.79. The molecule has 0 spiro atoms. The second-order valence-electron chi connectivity index (χ2n) is 7.37. The van der Waals surface area contributed by atoms with E-state index in [1.807, 2.05) is 0 Å². The van der Waals surface area contributed by atoms with Crippen LogP contribution < -0.4 is 0 Å². The molecule has 4 N–H and O–H groups in total. The van der Waals surface area contributed by atoms with Gasteiger partial charge in [0.05, 0.1) is 17.7 Å². The predicted molar refractivity (Wildman–Crippen MR) is 106 cm³/mol. The molecule has 0 fully saturated rings. The summed E-state index contributed by atoms with van der Waals surface area (Å²) in [7, 11) is 0. The molecule has 31 heavy (non-hydrogen) atoms. The third-order valence-electron chi connectivity index (χ3n) is 5.10. The highest BCUT2D eigenvalue weighted by Crippen LogP contribution is 2.45. The number of ether oxygens (including phenoxy) is 1. The number of aromatic hydroxyl groups is 4. The fourth-order valence-electron chi connectivity index (χ4n) is 3.69. The summed E-state index contributed by atoms with van der Waals surface area (Å²) in [4.78, 5) is 48.6. The number of carbonyl (C=O) groups excluding carboxylic acids is 4. The first-order chi connectivity index (χ1) is 14.5. The Kier molecular flexibility index (Phi) is 5.70. The molecule has 0 heterocycles. The van der Waals surface area contributed by atoms with E-state index in [1.54, 1.807) is 0 Å². The lowest BCUT2D eigenvalue weighted by molar-refractivity contribution is -0.141. The minimum Gasteiger partial charge on any atom is -0.508 e. The maximum absolute atomic E-state index is 13.0. The van der Waals surface area contributed by atoms with Gasteiger partial charge in [-0.1, -0.05) is 0 Å². The van der Waals surface area contributed by atoms with Crippen LogP contribution in [0, 0.1) is 0 Å². The first kappa shape index (κ1) is 21.8. The highest BCUT2D eigenvalue weighted by atomic mass is 16.5. The lowest BCUT2D eigenvalue weighted by Crippen LogP contribution is -2.22. The van der Waals surface area contributed by atoms with Gasteiger partial charge in [-0.05, 0) is 25.5 Å². The van der Waals surface area contributed by atoms with E-state index in [1.165, 1.54) is 13.8 Å². The van der Waals surface area contributed by atoms with Crippen LogP contribution in [0.2, 0.25) is 0 Å². The second kappa shape index (κ2) is 8.10. The molecule has 3 rings (SSSR count). The van der Waals surface area contributed by atoms with Crippen molar-refractivity contribution in [2.75, 3.05) is 6.61 Å². The highest BCUT2D eigenvalue weighted by molar-refractivity contribution is 6.30. The number of hydrogen-bond acceptors (Lipinski definition) is 9. The SMILES string of the molecule is CC(=O)CC[C@@H](COC(C)=O)c1c(O)cc2c(c1O)C(=O)c1c(O)cc(O)cc1C2=O. The van der Waals surface area contributed by atoms with Crippen molar-refractivity contribution in [3.63, 3.8) is 0 Å². The van der Waals surface area contributed by atoms with Gasteiger partial charge in [0.15, 0.2) is 5.78 Å². The van der Waals surface area contributed by atoms with E-state index in [4.69, 9.17) is 4.74 Å². The minimum absolute atomic E-state index is 0.0532. The largest absolute Gasteiger partial charge is 0.508 e. The van der Waals surface area contributed by atoms with Crippen LogP contribution in [0.25, 0.3) is 0 Å². The normalized spacial score (nSPS) is 13.4. The van der Waals surface area contributed by atoms with Crippen LogP contribution in [-0.4, -0.2) is 50.4 Å². The summed E-state index contributed by atoms with van der Waals surface area (Å²) < 4.78 is 4.99. The fraction of sp³-hybridized carbons (Fsp3) is 0.273. The summed E-state index contributed by atoms with van der Waals surface area (Å²) in [5.41, 5.74) is -1.54. The molecule has 1 aliphatic rings. The molecule has 1 atom stereocenters. The third kappa shape index (κ3) is 3.94. The predicted octanol–water partition coefficient (Wildman–Crippen LogP) is 2.30. The molecule has 9 nitrogen and oxygen atoms in total. The van der Waals surface area contributed by atoms with Crippen molar-refractivity contribution in [1.82, 2.24) is 0 Å². The lowest BCUT2D eigenvalue weighted by Gasteiger charge is -2.24. The van der Waals surface area contributed by atoms with E-state index in [9.17, 15) is 39.6 Å². The summed E-state index contributed by atoms with van der Waals surface area (Å²) >= 11 is 0. The number of fused-ring (bicyclic) bond motifs is 2. The Balaban J connectivity index is 2.18. The van der Waals surface area contributed by atoms with Crippen LogP contribution in [0.1, 0.15) is 70.0 Å². The first-order valence-corrected chi connectivity index (χ1v) is 9.39. The number of benzene rings is 2. The van der Waals surface area contributed by atoms with Gasteiger partial charge in [0.1, 0.15) is 28.8 Å². The van der Waals surface area contributed by atoms with Crippen LogP contribution >= 0.6 is 0 Å². The molecular weight excluding hydrogens is 408 g/mol. The molecule has 0 saturated heterocycles. The summed E-state index contributed by atoms with van der Waals surface area (Å²) in [6, 6.07) is 2.91. The monoisotopic (exact) mass is 428 g/mol. The van der Waals surface area contributed by atoms with E-state index in [0.717, 1.165) is 18.2 Å². The van der Waals surface area contributed by atoms with Crippen LogP contribution in [0.4, 0.5) is 0 Å². The maximum atomic E-state index is 13.0. The minimum atomic E-state index is -0.876. The molecule has 2 aromatic rings. The van der Waals surface area contributed by atoms with Crippen molar-refractivity contribution in [2.45, 2.75) is 32.6 Å². The van der Waals surface area contributed by atoms with Crippen LogP contribution in [-0.2, 0) is 14.3 Å². The fourth-order valence-corrected chi connectivity index (χ4v) is 3.69. The molecule has 2 aromatic carbocycles. The van der Waals surface area contributed by atoms with Gasteiger partial charge in [0, 0.05) is 42.0 Å². The van der Waals surface area contributed by atoms with Gasteiger partial charge in [0.25, 0.3) is 0 Å². The Bertz CT molecular complexity index is 1110. The number of esters is 1. The number of phenolic OH excluding ortho intramolecular Hbond substituents is 4. The molecule has 0 saturated carbocycles. The molecule has 0 aliphatic heterocycles. The summed E-state index contributed by atoms with van der Waals surface area (Å²) in [5.74, 6) is -5.58. The summed E-state index contributed by atoms with van der Waals surface area (Å²) in [5, 5.41) is 41.2. The average molecular weight is 428 g/mol. The molecule has 0 bridgehead atoms. The Hall–Kier alpha value is -3.88. The molecule has 0 aromatic heterocycles. The van der Waals surface area contributed by atoms with Crippen LogP contribution in [0.15, 0.2) is 18.2 Å². The van der Waals surface area contributed by atoms with E-state index in [0.29, 0.717) is 0 Å². The van der Waals surface area contributed by atoms with Crippen molar-refractivity contribution in [3.05, 3.63) is 46.0 Å². The van der Waals surface area contributed by atoms with Crippen molar-refractivity contribution < 1.29 is 44.3 Å². The Labute approximate surface area is 176 Å². The average Bonchev–Trinajstić information content (AvgIpc) is 2.66. The van der Waals surface area contributed by atoms with Crippen LogP contribution in [0.3, 0.4) is 0 Å². The smallest absolute Gasteiger partial charge is 0.302 e. The van der Waals surface area contributed by atoms with E-state index in [2.05, 4.69) is 0 Å². The number of ketones is 3. The molecule has 9 heteroatoms. The Morgan fingerprint density at radius 1 is 0.903 bits per heavy atom.